The molecule has 2 bridgehead atoms. The molecule has 2 amide bonds. The molecule has 1 saturated heterocycles. The molecule has 168 valence electrons. The van der Waals surface area contributed by atoms with Gasteiger partial charge in [0.2, 0.25) is 11.8 Å². The molecule has 3 fully saturated rings. The van der Waals surface area contributed by atoms with Crippen molar-refractivity contribution in [3.8, 4) is 0 Å². The van der Waals surface area contributed by atoms with E-state index in [2.05, 4.69) is 5.16 Å². The van der Waals surface area contributed by atoms with Crippen molar-refractivity contribution in [2.75, 3.05) is 0 Å². The molecular weight excluding hydrogens is 444 g/mol. The predicted octanol–water partition coefficient (Wildman–Crippen LogP) is 3.01. The van der Waals surface area contributed by atoms with Gasteiger partial charge in [0, 0.05) is 23.3 Å². The number of aliphatic carboxylic acids is 1. The molecule has 33 heavy (non-hydrogen) atoms. The van der Waals surface area contributed by atoms with E-state index >= 15 is 0 Å². The van der Waals surface area contributed by atoms with Crippen molar-refractivity contribution in [2.24, 2.45) is 34.7 Å². The van der Waals surface area contributed by atoms with Crippen LogP contribution in [0.1, 0.15) is 17.5 Å². The molecule has 0 aromatic heterocycles. The van der Waals surface area contributed by atoms with Gasteiger partial charge < -0.3 is 9.94 Å². The Labute approximate surface area is 195 Å². The molecule has 0 spiro atoms. The second-order valence-electron chi connectivity index (χ2n) is 9.28. The molecule has 6 rings (SSSR count). The normalized spacial score (nSPS) is 32.4. The zero-order valence-corrected chi connectivity index (χ0v) is 18.3. The number of oxime groups is 1. The lowest BCUT2D eigenvalue weighted by Crippen LogP contribution is -2.47. The number of carboxylic acids is 1. The smallest absolute Gasteiger partial charge is 0.327 e. The van der Waals surface area contributed by atoms with Crippen molar-refractivity contribution in [1.82, 2.24) is 4.90 Å². The minimum atomic E-state index is -1.22. The minimum Gasteiger partial charge on any atom is -0.480 e. The topological polar surface area (TPSA) is 96.3 Å². The maximum absolute atomic E-state index is 13.5. The number of amides is 2. The van der Waals surface area contributed by atoms with Gasteiger partial charge in [-0.15, -0.1) is 0 Å². The van der Waals surface area contributed by atoms with Gasteiger partial charge >= 0.3 is 5.97 Å². The molecule has 4 aliphatic rings. The van der Waals surface area contributed by atoms with Crippen LogP contribution in [0.2, 0.25) is 5.02 Å². The number of carboxylic acid groups (broad SMARTS) is 1. The number of carbonyl (C=O) groups is 3. The van der Waals surface area contributed by atoms with Crippen LogP contribution in [0.3, 0.4) is 0 Å². The van der Waals surface area contributed by atoms with Gasteiger partial charge in [0.05, 0.1) is 17.5 Å². The maximum atomic E-state index is 13.5. The largest absolute Gasteiger partial charge is 0.480 e. The van der Waals surface area contributed by atoms with E-state index in [1.807, 2.05) is 30.3 Å². The third-order valence-corrected chi connectivity index (χ3v) is 7.99. The molecule has 2 aromatic rings. The first kappa shape index (κ1) is 20.4. The van der Waals surface area contributed by atoms with Crippen LogP contribution in [0.15, 0.2) is 59.8 Å². The summed E-state index contributed by atoms with van der Waals surface area (Å²) in [5.41, 5.74) is 2.43. The van der Waals surface area contributed by atoms with Crippen molar-refractivity contribution >= 4 is 35.1 Å². The van der Waals surface area contributed by atoms with E-state index in [1.165, 1.54) is 0 Å². The Morgan fingerprint density at radius 1 is 1.03 bits per heavy atom. The van der Waals surface area contributed by atoms with Gasteiger partial charge in [-0.3, -0.25) is 14.5 Å². The van der Waals surface area contributed by atoms with Gasteiger partial charge in [-0.2, -0.15) is 0 Å². The molecule has 7 atom stereocenters. The summed E-state index contributed by atoms with van der Waals surface area (Å²) < 4.78 is 0. The van der Waals surface area contributed by atoms with Gasteiger partial charge in [0.1, 0.15) is 12.1 Å². The lowest BCUT2D eigenvalue weighted by molar-refractivity contribution is -0.155. The fraction of sp³-hybridized carbons (Fsp3) is 0.360. The first-order valence-corrected chi connectivity index (χ1v) is 11.5. The predicted molar refractivity (Wildman–Crippen MR) is 118 cm³/mol. The van der Waals surface area contributed by atoms with Crippen molar-refractivity contribution < 1.29 is 24.3 Å². The lowest BCUT2D eigenvalue weighted by Gasteiger charge is -2.29. The molecule has 7 nitrogen and oxygen atoms in total. The molecule has 2 aromatic carbocycles. The number of halogens is 1. The molecule has 2 heterocycles. The van der Waals surface area contributed by atoms with Crippen LogP contribution in [-0.2, 0) is 25.6 Å². The highest BCUT2D eigenvalue weighted by atomic mass is 35.5. The number of nitrogens with zero attached hydrogens (tertiary/aromatic N) is 2. The summed E-state index contributed by atoms with van der Waals surface area (Å²) in [7, 11) is 0. The van der Waals surface area contributed by atoms with Gasteiger partial charge in [-0.05, 0) is 35.6 Å². The van der Waals surface area contributed by atoms with Crippen LogP contribution in [0.4, 0.5) is 0 Å². The third-order valence-electron chi connectivity index (χ3n) is 7.73. The number of likely N-dealkylation sites (tertiary alicyclic amines) is 1. The number of carbonyl (C=O) groups excluding carboxylic acids is 2. The van der Waals surface area contributed by atoms with Crippen LogP contribution in [0.5, 0.6) is 0 Å². The number of rotatable bonds is 5. The minimum absolute atomic E-state index is 0.0866. The Morgan fingerprint density at radius 3 is 2.36 bits per heavy atom. The van der Waals surface area contributed by atoms with Crippen LogP contribution < -0.4 is 0 Å². The van der Waals surface area contributed by atoms with Crippen molar-refractivity contribution in [2.45, 2.75) is 25.0 Å². The van der Waals surface area contributed by atoms with Crippen molar-refractivity contribution in [3.05, 3.63) is 70.7 Å². The van der Waals surface area contributed by atoms with Crippen LogP contribution in [0.25, 0.3) is 0 Å². The Kier molecular flexibility index (Phi) is 4.59. The summed E-state index contributed by atoms with van der Waals surface area (Å²) in [4.78, 5) is 45.9. The fourth-order valence-corrected chi connectivity index (χ4v) is 6.57. The van der Waals surface area contributed by atoms with E-state index in [4.69, 9.17) is 16.4 Å². The quantitative estimate of drug-likeness (QED) is 0.686. The molecule has 8 heteroatoms. The highest BCUT2D eigenvalue weighted by molar-refractivity contribution is 6.30. The number of benzene rings is 2. The lowest BCUT2D eigenvalue weighted by atomic mass is 9.71. The summed E-state index contributed by atoms with van der Waals surface area (Å²) in [6, 6.07) is 15.2. The van der Waals surface area contributed by atoms with Crippen LogP contribution in [-0.4, -0.2) is 45.6 Å². The first-order valence-electron chi connectivity index (χ1n) is 11.1. The van der Waals surface area contributed by atoms with Gasteiger partial charge in [0.15, 0.2) is 0 Å². The number of imide groups is 1. The molecule has 2 aliphatic heterocycles. The van der Waals surface area contributed by atoms with Crippen LogP contribution >= 0.6 is 11.6 Å². The van der Waals surface area contributed by atoms with Crippen molar-refractivity contribution in [3.63, 3.8) is 0 Å². The Bertz CT molecular complexity index is 1180. The Balaban J connectivity index is 1.30. The molecule has 2 saturated carbocycles. The summed E-state index contributed by atoms with van der Waals surface area (Å²) in [5, 5.41) is 14.9. The van der Waals surface area contributed by atoms with Gasteiger partial charge in [-0.1, -0.05) is 59.2 Å². The van der Waals surface area contributed by atoms with E-state index in [-0.39, 0.29) is 42.1 Å². The monoisotopic (exact) mass is 464 g/mol. The highest BCUT2D eigenvalue weighted by Crippen LogP contribution is 2.61. The molecule has 1 N–H and O–H groups in total. The van der Waals surface area contributed by atoms with E-state index in [0.717, 1.165) is 21.7 Å². The first-order chi connectivity index (χ1) is 16.0. The SMILES string of the molecule is O=C(O)[C@@H](Cc1ccccc1)N1C(=O)[C@@H]2[C@@H]3C[C@@H]([C@H]4ON=C(c5ccc(Cl)cc5)[C@@H]34)[C@@H]2C1=O. The second kappa shape index (κ2) is 7.42. The maximum Gasteiger partial charge on any atom is 0.327 e. The molecule has 0 unspecified atom stereocenters. The molecular formula is C25H21ClN2O5. The molecule has 0 radical (unpaired) electrons. The number of hydrogen-bond donors (Lipinski definition) is 1. The van der Waals surface area contributed by atoms with Crippen molar-refractivity contribution in [1.29, 1.82) is 0 Å². The summed E-state index contributed by atoms with van der Waals surface area (Å²) in [6.45, 7) is 0. The number of fused-ring (bicyclic) bond motifs is 8. The summed E-state index contributed by atoms with van der Waals surface area (Å²) in [5.74, 6) is -3.34. The zero-order valence-electron chi connectivity index (χ0n) is 17.5. The number of hydrogen-bond acceptors (Lipinski definition) is 5. The third kappa shape index (κ3) is 2.95. The van der Waals surface area contributed by atoms with E-state index in [0.29, 0.717) is 11.4 Å². The summed E-state index contributed by atoms with van der Waals surface area (Å²) in [6.07, 6.45) is 0.526. The average Bonchev–Trinajstić information content (AvgIpc) is 3.54. The van der Waals surface area contributed by atoms with Gasteiger partial charge in [0.25, 0.3) is 0 Å². The van der Waals surface area contributed by atoms with E-state index < -0.39 is 23.8 Å². The Hall–Kier alpha value is -3.19. The van der Waals surface area contributed by atoms with Gasteiger partial charge in [-0.25, -0.2) is 4.79 Å². The van der Waals surface area contributed by atoms with E-state index in [1.54, 1.807) is 24.3 Å². The second-order valence-corrected chi connectivity index (χ2v) is 9.72. The standard InChI is InChI=1S/C25H21ClN2O5/c26-14-8-6-13(7-9-14)21-20-15-11-16(22(20)33-27-21)19-18(15)23(29)28(24(19)30)17(25(31)32)10-12-4-2-1-3-5-12/h1-9,15-20,22H,10-11H2,(H,31,32)/t15-,16+,17+,18+,19-,20+,22+/m0/s1. The summed E-state index contributed by atoms with van der Waals surface area (Å²) >= 11 is 6.02. The Morgan fingerprint density at radius 2 is 1.70 bits per heavy atom. The molecule has 2 aliphatic carbocycles. The zero-order chi connectivity index (χ0) is 22.9. The highest BCUT2D eigenvalue weighted by Gasteiger charge is 2.71. The van der Waals surface area contributed by atoms with Crippen LogP contribution in [0, 0.1) is 29.6 Å². The van der Waals surface area contributed by atoms with E-state index in [9.17, 15) is 19.5 Å². The average molecular weight is 465 g/mol. The fourth-order valence-electron chi connectivity index (χ4n) is 6.44.